The Morgan fingerprint density at radius 2 is 2.16 bits per heavy atom. The SMILES string of the molecule is CCNC(=NCCc1nc(-c2ccc(Cl)cc2)no1)N1CCC(C)C(n2ccnc2)C1. The van der Waals surface area contributed by atoms with Crippen molar-refractivity contribution < 1.29 is 4.52 Å². The molecule has 1 aliphatic rings. The van der Waals surface area contributed by atoms with Crippen LogP contribution in [0.2, 0.25) is 5.02 Å². The third-order valence-electron chi connectivity index (χ3n) is 5.62. The molecule has 0 radical (unpaired) electrons. The standard InChI is InChI=1S/C22H28ClN7O/c1-3-25-22(29-12-9-16(2)19(14-29)30-13-11-24-15-30)26-10-8-20-27-21(28-31-20)17-4-6-18(23)7-5-17/h4-7,11,13,15-16,19H,3,8-10,12,14H2,1-2H3,(H,25,26). The van der Waals surface area contributed by atoms with Crippen LogP contribution in [0.15, 0.2) is 52.5 Å². The molecule has 8 nitrogen and oxygen atoms in total. The van der Waals surface area contributed by atoms with E-state index in [1.807, 2.05) is 43.0 Å². The van der Waals surface area contributed by atoms with Gasteiger partial charge in [0.25, 0.3) is 0 Å². The summed E-state index contributed by atoms with van der Waals surface area (Å²) in [5.41, 5.74) is 0.879. The zero-order valence-corrected chi connectivity index (χ0v) is 18.7. The molecule has 4 rings (SSSR count). The highest BCUT2D eigenvalue weighted by Crippen LogP contribution is 2.27. The predicted octanol–water partition coefficient (Wildman–Crippen LogP) is 3.68. The van der Waals surface area contributed by atoms with Gasteiger partial charge in [-0.25, -0.2) is 4.98 Å². The highest BCUT2D eigenvalue weighted by atomic mass is 35.5. The Morgan fingerprint density at radius 1 is 1.32 bits per heavy atom. The number of rotatable bonds is 6. The molecule has 31 heavy (non-hydrogen) atoms. The topological polar surface area (TPSA) is 84.4 Å². The van der Waals surface area contributed by atoms with Crippen LogP contribution < -0.4 is 5.32 Å². The summed E-state index contributed by atoms with van der Waals surface area (Å²) in [7, 11) is 0. The van der Waals surface area contributed by atoms with Gasteiger partial charge in [0.2, 0.25) is 11.7 Å². The molecule has 9 heteroatoms. The molecule has 0 bridgehead atoms. The van der Waals surface area contributed by atoms with Crippen LogP contribution in [-0.2, 0) is 6.42 Å². The highest BCUT2D eigenvalue weighted by Gasteiger charge is 2.28. The van der Waals surface area contributed by atoms with Gasteiger partial charge < -0.3 is 19.3 Å². The highest BCUT2D eigenvalue weighted by molar-refractivity contribution is 6.30. The number of imidazole rings is 1. The van der Waals surface area contributed by atoms with Crippen LogP contribution in [0.3, 0.4) is 0 Å². The van der Waals surface area contributed by atoms with Crippen LogP contribution in [0.1, 0.15) is 32.2 Å². The summed E-state index contributed by atoms with van der Waals surface area (Å²) in [5, 5.41) is 8.18. The number of nitrogens with zero attached hydrogens (tertiary/aromatic N) is 6. The monoisotopic (exact) mass is 441 g/mol. The molecule has 0 saturated carbocycles. The first-order valence-electron chi connectivity index (χ1n) is 10.7. The van der Waals surface area contributed by atoms with E-state index in [0.29, 0.717) is 41.7 Å². The summed E-state index contributed by atoms with van der Waals surface area (Å²) in [6, 6.07) is 7.78. The Kier molecular flexibility index (Phi) is 6.86. The third kappa shape index (κ3) is 5.25. The zero-order chi connectivity index (χ0) is 21.6. The lowest BCUT2D eigenvalue weighted by Gasteiger charge is -2.39. The van der Waals surface area contributed by atoms with Crippen LogP contribution in [0.4, 0.5) is 0 Å². The first-order valence-corrected chi connectivity index (χ1v) is 11.1. The number of likely N-dealkylation sites (tertiary alicyclic amines) is 1. The first kappa shape index (κ1) is 21.4. The third-order valence-corrected chi connectivity index (χ3v) is 5.87. The fourth-order valence-electron chi connectivity index (χ4n) is 3.85. The van der Waals surface area contributed by atoms with Crippen molar-refractivity contribution in [3.8, 4) is 11.4 Å². The Balaban J connectivity index is 1.39. The molecular weight excluding hydrogens is 414 g/mol. The quantitative estimate of drug-likeness (QED) is 0.464. The van der Waals surface area contributed by atoms with E-state index in [2.05, 4.69) is 43.8 Å². The van der Waals surface area contributed by atoms with E-state index in [-0.39, 0.29) is 0 Å². The maximum atomic E-state index is 5.94. The number of hydrogen-bond acceptors (Lipinski definition) is 5. The number of aliphatic imine (C=N–C) groups is 1. The second kappa shape index (κ2) is 9.96. The lowest BCUT2D eigenvalue weighted by Crippen LogP contribution is -2.49. The molecule has 1 saturated heterocycles. The summed E-state index contributed by atoms with van der Waals surface area (Å²) in [4.78, 5) is 15.9. The molecule has 1 fully saturated rings. The van der Waals surface area contributed by atoms with Gasteiger partial charge in [0.05, 0.1) is 18.9 Å². The van der Waals surface area contributed by atoms with Crippen LogP contribution in [-0.4, -0.2) is 56.7 Å². The summed E-state index contributed by atoms with van der Waals surface area (Å²) in [5.74, 6) is 2.67. The number of nitrogens with one attached hydrogen (secondary N) is 1. The van der Waals surface area contributed by atoms with Gasteiger partial charge in [0.1, 0.15) is 0 Å². The fraction of sp³-hybridized carbons (Fsp3) is 0.455. The molecule has 1 N–H and O–H groups in total. The van der Waals surface area contributed by atoms with Crippen LogP contribution >= 0.6 is 11.6 Å². The number of halogens is 1. The smallest absolute Gasteiger partial charge is 0.228 e. The van der Waals surface area contributed by atoms with Crippen LogP contribution in [0.25, 0.3) is 11.4 Å². The summed E-state index contributed by atoms with van der Waals surface area (Å²) >= 11 is 5.94. The molecular formula is C22H28ClN7O. The molecule has 164 valence electrons. The molecule has 2 atom stereocenters. The molecule has 0 amide bonds. The van der Waals surface area contributed by atoms with Crippen LogP contribution in [0.5, 0.6) is 0 Å². The van der Waals surface area contributed by atoms with Gasteiger partial charge in [-0.3, -0.25) is 4.99 Å². The summed E-state index contributed by atoms with van der Waals surface area (Å²) in [6.45, 7) is 7.68. The normalized spacial score (nSPS) is 19.6. The maximum absolute atomic E-state index is 5.94. The van der Waals surface area contributed by atoms with E-state index in [1.54, 1.807) is 0 Å². The summed E-state index contributed by atoms with van der Waals surface area (Å²) < 4.78 is 7.61. The summed E-state index contributed by atoms with van der Waals surface area (Å²) in [6.07, 6.45) is 7.49. The van der Waals surface area contributed by atoms with Crippen molar-refractivity contribution in [2.75, 3.05) is 26.2 Å². The molecule has 2 aromatic heterocycles. The van der Waals surface area contributed by atoms with Crippen molar-refractivity contribution in [3.05, 3.63) is 53.9 Å². The van der Waals surface area contributed by atoms with Gasteiger partial charge in [0.15, 0.2) is 5.96 Å². The van der Waals surface area contributed by atoms with E-state index >= 15 is 0 Å². The number of hydrogen-bond donors (Lipinski definition) is 1. The van der Waals surface area contributed by atoms with E-state index < -0.39 is 0 Å². The molecule has 1 aliphatic heterocycles. The van der Waals surface area contributed by atoms with E-state index in [9.17, 15) is 0 Å². The molecule has 0 spiro atoms. The van der Waals surface area contributed by atoms with Crippen molar-refractivity contribution >= 4 is 17.6 Å². The van der Waals surface area contributed by atoms with Crippen molar-refractivity contribution in [3.63, 3.8) is 0 Å². The Hall–Kier alpha value is -2.87. The van der Waals surface area contributed by atoms with E-state index in [0.717, 1.165) is 37.6 Å². The minimum atomic E-state index is 0.387. The van der Waals surface area contributed by atoms with Gasteiger partial charge >= 0.3 is 0 Å². The van der Waals surface area contributed by atoms with Crippen molar-refractivity contribution in [2.45, 2.75) is 32.7 Å². The van der Waals surface area contributed by atoms with Gasteiger partial charge in [0, 0.05) is 49.0 Å². The Bertz CT molecular complexity index is 984. The fourth-order valence-corrected chi connectivity index (χ4v) is 3.98. The van der Waals surface area contributed by atoms with Gasteiger partial charge in [-0.05, 0) is 43.5 Å². The molecule has 3 aromatic rings. The molecule has 3 heterocycles. The lowest BCUT2D eigenvalue weighted by atomic mass is 9.93. The van der Waals surface area contributed by atoms with Crippen LogP contribution in [0, 0.1) is 5.92 Å². The Labute approximate surface area is 187 Å². The minimum absolute atomic E-state index is 0.387. The largest absolute Gasteiger partial charge is 0.357 e. The minimum Gasteiger partial charge on any atom is -0.357 e. The van der Waals surface area contributed by atoms with Crippen molar-refractivity contribution in [1.29, 1.82) is 0 Å². The lowest BCUT2D eigenvalue weighted by molar-refractivity contribution is 0.189. The number of benzene rings is 1. The van der Waals surface area contributed by atoms with E-state index in [1.165, 1.54) is 0 Å². The second-order valence-electron chi connectivity index (χ2n) is 7.79. The second-order valence-corrected chi connectivity index (χ2v) is 8.23. The van der Waals surface area contributed by atoms with Crippen molar-refractivity contribution in [1.82, 2.24) is 29.9 Å². The zero-order valence-electron chi connectivity index (χ0n) is 17.9. The molecule has 2 unspecified atom stereocenters. The number of guanidine groups is 1. The number of piperidine rings is 1. The van der Waals surface area contributed by atoms with Gasteiger partial charge in [-0.2, -0.15) is 4.98 Å². The maximum Gasteiger partial charge on any atom is 0.228 e. The predicted molar refractivity (Wildman–Crippen MR) is 121 cm³/mol. The van der Waals surface area contributed by atoms with E-state index in [4.69, 9.17) is 21.1 Å². The van der Waals surface area contributed by atoms with Gasteiger partial charge in [-0.15, -0.1) is 0 Å². The number of aromatic nitrogens is 4. The Morgan fingerprint density at radius 3 is 2.90 bits per heavy atom. The van der Waals surface area contributed by atoms with Crippen molar-refractivity contribution in [2.24, 2.45) is 10.9 Å². The average molecular weight is 442 g/mol. The average Bonchev–Trinajstić information content (AvgIpc) is 3.47. The molecule has 1 aromatic carbocycles. The first-order chi connectivity index (χ1) is 15.1. The molecule has 0 aliphatic carbocycles. The van der Waals surface area contributed by atoms with Gasteiger partial charge in [-0.1, -0.05) is 23.7 Å².